The Hall–Kier alpha value is -3.02. The SMILES string of the molecule is O=C(c1ccc(F)cc1F)N1CCc2ccccc2C1Cn1ccnc1. The largest absolute Gasteiger partial charge is 0.335 e. The maximum absolute atomic E-state index is 14.2. The van der Waals surface area contributed by atoms with Gasteiger partial charge in [-0.1, -0.05) is 24.3 Å². The molecule has 1 unspecified atom stereocenters. The second-order valence-corrected chi connectivity index (χ2v) is 6.35. The Balaban J connectivity index is 1.72. The van der Waals surface area contributed by atoms with E-state index in [9.17, 15) is 13.6 Å². The van der Waals surface area contributed by atoms with Crippen LogP contribution in [0.1, 0.15) is 27.5 Å². The standard InChI is InChI=1S/C20H17F2N3O/c21-15-5-6-17(18(22)11-15)20(26)25-9-7-14-3-1-2-4-16(14)19(25)12-24-10-8-23-13-24/h1-6,8,10-11,13,19H,7,9,12H2. The molecule has 0 bridgehead atoms. The maximum Gasteiger partial charge on any atom is 0.257 e. The minimum atomic E-state index is -0.838. The van der Waals surface area contributed by atoms with Gasteiger partial charge in [0.1, 0.15) is 11.6 Å². The van der Waals surface area contributed by atoms with Crippen LogP contribution in [0.5, 0.6) is 0 Å². The van der Waals surface area contributed by atoms with Crippen molar-refractivity contribution in [3.63, 3.8) is 0 Å². The lowest BCUT2D eigenvalue weighted by atomic mass is 9.91. The summed E-state index contributed by atoms with van der Waals surface area (Å²) in [6.07, 6.45) is 5.91. The van der Waals surface area contributed by atoms with Crippen molar-refractivity contribution in [2.75, 3.05) is 6.54 Å². The first-order chi connectivity index (χ1) is 12.6. The molecule has 0 spiro atoms. The molecule has 0 fully saturated rings. The molecule has 2 heterocycles. The zero-order chi connectivity index (χ0) is 18.1. The lowest BCUT2D eigenvalue weighted by Gasteiger charge is -2.37. The molecule has 0 N–H and O–H groups in total. The maximum atomic E-state index is 14.2. The highest BCUT2D eigenvalue weighted by Crippen LogP contribution is 2.32. The van der Waals surface area contributed by atoms with Crippen LogP contribution in [0.3, 0.4) is 0 Å². The number of carbonyl (C=O) groups excluding carboxylic acids is 1. The van der Waals surface area contributed by atoms with Crippen molar-refractivity contribution < 1.29 is 13.6 Å². The van der Waals surface area contributed by atoms with Gasteiger partial charge in [0.25, 0.3) is 5.91 Å². The van der Waals surface area contributed by atoms with Gasteiger partial charge in [0.2, 0.25) is 0 Å². The van der Waals surface area contributed by atoms with Crippen molar-refractivity contribution in [3.05, 3.63) is 89.5 Å². The molecule has 3 aromatic rings. The van der Waals surface area contributed by atoms with Crippen LogP contribution < -0.4 is 0 Å². The third kappa shape index (κ3) is 2.98. The summed E-state index contributed by atoms with van der Waals surface area (Å²) in [5, 5.41) is 0. The van der Waals surface area contributed by atoms with Crippen molar-refractivity contribution >= 4 is 5.91 Å². The fourth-order valence-corrected chi connectivity index (χ4v) is 3.50. The van der Waals surface area contributed by atoms with Gasteiger partial charge in [0, 0.05) is 31.5 Å². The molecule has 132 valence electrons. The summed E-state index contributed by atoms with van der Waals surface area (Å²) >= 11 is 0. The first kappa shape index (κ1) is 16.4. The van der Waals surface area contributed by atoms with E-state index in [0.29, 0.717) is 19.5 Å². The minimum Gasteiger partial charge on any atom is -0.335 e. The molecule has 1 aromatic heterocycles. The van der Waals surface area contributed by atoms with Crippen LogP contribution in [0.4, 0.5) is 8.78 Å². The zero-order valence-corrected chi connectivity index (χ0v) is 14.0. The van der Waals surface area contributed by atoms with E-state index in [-0.39, 0.29) is 11.6 Å². The molecular formula is C20H17F2N3O. The second kappa shape index (κ2) is 6.71. The molecule has 0 aliphatic carbocycles. The van der Waals surface area contributed by atoms with E-state index >= 15 is 0 Å². The second-order valence-electron chi connectivity index (χ2n) is 6.35. The monoisotopic (exact) mass is 353 g/mol. The molecule has 1 aliphatic heterocycles. The van der Waals surface area contributed by atoms with Crippen molar-refractivity contribution in [2.45, 2.75) is 19.0 Å². The van der Waals surface area contributed by atoms with Crippen molar-refractivity contribution in [1.82, 2.24) is 14.5 Å². The number of rotatable bonds is 3. The van der Waals surface area contributed by atoms with Crippen molar-refractivity contribution in [1.29, 1.82) is 0 Å². The van der Waals surface area contributed by atoms with E-state index in [1.54, 1.807) is 17.4 Å². The molecule has 2 aromatic carbocycles. The van der Waals surface area contributed by atoms with E-state index < -0.39 is 17.5 Å². The number of aromatic nitrogens is 2. The van der Waals surface area contributed by atoms with Gasteiger partial charge in [0.05, 0.1) is 17.9 Å². The molecule has 1 amide bonds. The highest BCUT2D eigenvalue weighted by molar-refractivity contribution is 5.95. The van der Waals surface area contributed by atoms with Crippen molar-refractivity contribution in [2.24, 2.45) is 0 Å². The van der Waals surface area contributed by atoms with Crippen LogP contribution in [0.15, 0.2) is 61.2 Å². The van der Waals surface area contributed by atoms with Gasteiger partial charge in [-0.05, 0) is 29.7 Å². The molecule has 4 nitrogen and oxygen atoms in total. The highest BCUT2D eigenvalue weighted by atomic mass is 19.1. The normalized spacial score (nSPS) is 16.4. The summed E-state index contributed by atoms with van der Waals surface area (Å²) in [6, 6.07) is 10.8. The lowest BCUT2D eigenvalue weighted by Crippen LogP contribution is -2.42. The van der Waals surface area contributed by atoms with Crippen LogP contribution in [0.25, 0.3) is 0 Å². The molecule has 26 heavy (non-hydrogen) atoms. The first-order valence-corrected chi connectivity index (χ1v) is 8.43. The van der Waals surface area contributed by atoms with E-state index in [0.717, 1.165) is 17.7 Å². The van der Waals surface area contributed by atoms with Crippen LogP contribution in [-0.4, -0.2) is 26.9 Å². The van der Waals surface area contributed by atoms with E-state index in [4.69, 9.17) is 0 Å². The van der Waals surface area contributed by atoms with Gasteiger partial charge in [-0.25, -0.2) is 13.8 Å². The van der Waals surface area contributed by atoms with Crippen LogP contribution in [0, 0.1) is 11.6 Å². The van der Waals surface area contributed by atoms with Gasteiger partial charge in [-0.2, -0.15) is 0 Å². The van der Waals surface area contributed by atoms with Gasteiger partial charge in [0.15, 0.2) is 0 Å². The molecular weight excluding hydrogens is 336 g/mol. The molecule has 6 heteroatoms. The van der Waals surface area contributed by atoms with Crippen LogP contribution in [-0.2, 0) is 13.0 Å². The number of imidazole rings is 1. The Morgan fingerprint density at radius 1 is 1.19 bits per heavy atom. The number of benzene rings is 2. The Labute approximate surface area is 149 Å². The lowest BCUT2D eigenvalue weighted by molar-refractivity contribution is 0.0635. The molecule has 0 saturated carbocycles. The third-order valence-electron chi connectivity index (χ3n) is 4.78. The number of halogens is 2. The first-order valence-electron chi connectivity index (χ1n) is 8.43. The van der Waals surface area contributed by atoms with Gasteiger partial charge >= 0.3 is 0 Å². The molecule has 1 aliphatic rings. The Bertz CT molecular complexity index is 940. The number of carbonyl (C=O) groups is 1. The van der Waals surface area contributed by atoms with Gasteiger partial charge < -0.3 is 9.47 Å². The number of nitrogens with zero attached hydrogens (tertiary/aromatic N) is 3. The van der Waals surface area contributed by atoms with Crippen molar-refractivity contribution in [3.8, 4) is 0 Å². The third-order valence-corrected chi connectivity index (χ3v) is 4.78. The van der Waals surface area contributed by atoms with E-state index in [2.05, 4.69) is 11.1 Å². The predicted molar refractivity (Wildman–Crippen MR) is 92.5 cm³/mol. The van der Waals surface area contributed by atoms with Crippen LogP contribution in [0.2, 0.25) is 0 Å². The fraction of sp³-hybridized carbons (Fsp3) is 0.200. The Morgan fingerprint density at radius 3 is 2.81 bits per heavy atom. The number of hydrogen-bond donors (Lipinski definition) is 0. The molecule has 0 saturated heterocycles. The van der Waals surface area contributed by atoms with Gasteiger partial charge in [-0.3, -0.25) is 4.79 Å². The Kier molecular flexibility index (Phi) is 4.24. The minimum absolute atomic E-state index is 0.110. The predicted octanol–water partition coefficient (Wildman–Crippen LogP) is 3.60. The van der Waals surface area contributed by atoms with E-state index in [1.165, 1.54) is 11.6 Å². The summed E-state index contributed by atoms with van der Waals surface area (Å²) in [5.74, 6) is -1.96. The summed E-state index contributed by atoms with van der Waals surface area (Å²) in [6.45, 7) is 0.998. The summed E-state index contributed by atoms with van der Waals surface area (Å²) < 4.78 is 29.3. The number of hydrogen-bond acceptors (Lipinski definition) is 2. The van der Waals surface area contributed by atoms with Crippen LogP contribution >= 0.6 is 0 Å². The highest BCUT2D eigenvalue weighted by Gasteiger charge is 2.32. The average Bonchev–Trinajstić information content (AvgIpc) is 3.15. The smallest absolute Gasteiger partial charge is 0.257 e. The summed E-state index contributed by atoms with van der Waals surface area (Å²) in [4.78, 5) is 18.7. The average molecular weight is 353 g/mol. The van der Waals surface area contributed by atoms with E-state index in [1.807, 2.05) is 29.0 Å². The summed E-state index contributed by atoms with van der Waals surface area (Å²) in [7, 11) is 0. The quantitative estimate of drug-likeness (QED) is 0.722. The summed E-state index contributed by atoms with van der Waals surface area (Å²) in [5.41, 5.74) is 2.12. The topological polar surface area (TPSA) is 38.1 Å². The fourth-order valence-electron chi connectivity index (χ4n) is 3.50. The van der Waals surface area contributed by atoms with Gasteiger partial charge in [-0.15, -0.1) is 0 Å². The number of fused-ring (bicyclic) bond motifs is 1. The Morgan fingerprint density at radius 2 is 2.04 bits per heavy atom. The molecule has 0 radical (unpaired) electrons. The number of amides is 1. The molecule has 1 atom stereocenters. The molecule has 4 rings (SSSR count). The zero-order valence-electron chi connectivity index (χ0n) is 14.0.